The number of benzene rings is 1. The molecule has 5 rings (SSSR count). The first-order chi connectivity index (χ1) is 16.0. The molecule has 1 aliphatic heterocycles. The van der Waals surface area contributed by atoms with E-state index in [0.29, 0.717) is 35.1 Å². The SMILES string of the molecule is COc1nc(N[C@H]2CCN(C)C[C@H]2F)nn2cc(F)c(-c3ccc4nnn(CCF)c4c3)c12. The molecule has 33 heavy (non-hydrogen) atoms. The van der Waals surface area contributed by atoms with Crippen molar-refractivity contribution in [2.24, 2.45) is 0 Å². The van der Waals surface area contributed by atoms with Crippen LogP contribution in [-0.4, -0.2) is 80.6 Å². The number of aromatic nitrogens is 6. The molecule has 1 aromatic carbocycles. The fraction of sp³-hybridized carbons (Fsp3) is 0.429. The van der Waals surface area contributed by atoms with Gasteiger partial charge in [-0.3, -0.25) is 0 Å². The quantitative estimate of drug-likeness (QED) is 0.474. The third-order valence-electron chi connectivity index (χ3n) is 5.90. The largest absolute Gasteiger partial charge is 0.479 e. The van der Waals surface area contributed by atoms with E-state index in [9.17, 15) is 8.78 Å². The van der Waals surface area contributed by atoms with E-state index in [2.05, 4.69) is 25.7 Å². The van der Waals surface area contributed by atoms with Crippen LogP contribution in [0.4, 0.5) is 19.1 Å². The molecule has 174 valence electrons. The molecule has 0 unspecified atom stereocenters. The Bertz CT molecular complexity index is 1310. The monoisotopic (exact) mass is 460 g/mol. The zero-order valence-electron chi connectivity index (χ0n) is 18.2. The molecule has 1 aliphatic rings. The zero-order chi connectivity index (χ0) is 23.1. The average molecular weight is 460 g/mol. The first-order valence-electron chi connectivity index (χ1n) is 10.6. The molecule has 12 heteroatoms. The fourth-order valence-electron chi connectivity index (χ4n) is 4.25. The van der Waals surface area contributed by atoms with Crippen LogP contribution in [0.1, 0.15) is 6.42 Å². The van der Waals surface area contributed by atoms with Crippen molar-refractivity contribution in [3.8, 4) is 17.0 Å². The highest BCUT2D eigenvalue weighted by molar-refractivity contribution is 5.89. The molecule has 0 radical (unpaired) electrons. The van der Waals surface area contributed by atoms with Crippen LogP contribution >= 0.6 is 0 Å². The number of nitrogens with one attached hydrogen (secondary N) is 1. The maximum absolute atomic E-state index is 15.1. The summed E-state index contributed by atoms with van der Waals surface area (Å²) < 4.78 is 50.7. The van der Waals surface area contributed by atoms with Gasteiger partial charge in [0.15, 0.2) is 5.82 Å². The molecule has 0 spiro atoms. The van der Waals surface area contributed by atoms with Gasteiger partial charge in [-0.05, 0) is 31.2 Å². The second-order valence-corrected chi connectivity index (χ2v) is 8.11. The lowest BCUT2D eigenvalue weighted by molar-refractivity contribution is 0.149. The summed E-state index contributed by atoms with van der Waals surface area (Å²) in [5.74, 6) is -0.240. The fourth-order valence-corrected chi connectivity index (χ4v) is 4.25. The summed E-state index contributed by atoms with van der Waals surface area (Å²) in [4.78, 5) is 6.30. The van der Waals surface area contributed by atoms with Crippen molar-refractivity contribution in [3.63, 3.8) is 0 Å². The molecule has 0 bridgehead atoms. The Morgan fingerprint density at radius 3 is 2.91 bits per heavy atom. The number of rotatable bonds is 6. The summed E-state index contributed by atoms with van der Waals surface area (Å²) in [5.41, 5.74) is 2.23. The van der Waals surface area contributed by atoms with Crippen LogP contribution in [0.25, 0.3) is 27.7 Å². The van der Waals surface area contributed by atoms with E-state index in [1.54, 1.807) is 18.2 Å². The van der Waals surface area contributed by atoms with Crippen molar-refractivity contribution in [1.29, 1.82) is 0 Å². The van der Waals surface area contributed by atoms with E-state index in [-0.39, 0.29) is 23.9 Å². The lowest BCUT2D eigenvalue weighted by atomic mass is 10.0. The van der Waals surface area contributed by atoms with Gasteiger partial charge in [0.1, 0.15) is 23.9 Å². The van der Waals surface area contributed by atoms with Gasteiger partial charge in [0.25, 0.3) is 0 Å². The van der Waals surface area contributed by atoms with Gasteiger partial charge in [-0.25, -0.2) is 22.4 Å². The minimum atomic E-state index is -1.08. The number of likely N-dealkylation sites (tertiary alicyclic amines) is 1. The van der Waals surface area contributed by atoms with Gasteiger partial charge in [-0.15, -0.1) is 10.2 Å². The minimum absolute atomic E-state index is 0.0485. The van der Waals surface area contributed by atoms with E-state index in [1.165, 1.54) is 22.5 Å². The molecule has 3 aromatic heterocycles. The van der Waals surface area contributed by atoms with E-state index in [4.69, 9.17) is 4.74 Å². The van der Waals surface area contributed by atoms with Gasteiger partial charge in [0, 0.05) is 13.1 Å². The Morgan fingerprint density at radius 1 is 1.30 bits per heavy atom. The molecular formula is C21H23F3N8O. The standard InChI is InChI=1S/C21H23F3N8O/c1-30-7-5-15(13(23)10-30)25-21-26-20(33-2)19-18(14(24)11-32(19)28-21)12-3-4-16-17(9-12)31(8-6-22)29-27-16/h3-4,9,11,13,15H,5-8,10H2,1-2H3,(H,25,28)/t13-,15+/m1/s1. The lowest BCUT2D eigenvalue weighted by Gasteiger charge is -2.32. The highest BCUT2D eigenvalue weighted by Crippen LogP contribution is 2.35. The molecule has 1 N–H and O–H groups in total. The normalized spacial score (nSPS) is 19.4. The number of ether oxygens (including phenoxy) is 1. The summed E-state index contributed by atoms with van der Waals surface area (Å²) in [7, 11) is 3.30. The number of halogens is 3. The maximum atomic E-state index is 15.1. The van der Waals surface area contributed by atoms with Crippen molar-refractivity contribution in [2.75, 3.05) is 39.2 Å². The molecule has 4 heterocycles. The van der Waals surface area contributed by atoms with Gasteiger partial charge in [-0.2, -0.15) is 4.98 Å². The second-order valence-electron chi connectivity index (χ2n) is 8.11. The average Bonchev–Trinajstić information content (AvgIpc) is 3.35. The number of hydrogen-bond acceptors (Lipinski definition) is 7. The first-order valence-corrected chi connectivity index (χ1v) is 10.6. The predicted molar refractivity (Wildman–Crippen MR) is 116 cm³/mol. The Labute approximate surface area is 187 Å². The summed E-state index contributed by atoms with van der Waals surface area (Å²) in [6, 6.07) is 4.64. The Hall–Kier alpha value is -3.41. The third kappa shape index (κ3) is 3.84. The lowest BCUT2D eigenvalue weighted by Crippen LogP contribution is -2.46. The topological polar surface area (TPSA) is 85.4 Å². The number of aryl methyl sites for hydroxylation is 1. The Morgan fingerprint density at radius 2 is 2.15 bits per heavy atom. The second kappa shape index (κ2) is 8.50. The van der Waals surface area contributed by atoms with Gasteiger partial charge in [-0.1, -0.05) is 11.3 Å². The van der Waals surface area contributed by atoms with E-state index < -0.39 is 24.7 Å². The summed E-state index contributed by atoms with van der Waals surface area (Å²) in [6.07, 6.45) is 0.733. The number of fused-ring (bicyclic) bond motifs is 2. The van der Waals surface area contributed by atoms with Crippen LogP contribution in [0.2, 0.25) is 0 Å². The summed E-state index contributed by atoms with van der Waals surface area (Å²) in [6.45, 7) is 0.513. The van der Waals surface area contributed by atoms with E-state index in [0.717, 1.165) is 6.54 Å². The molecule has 1 fully saturated rings. The van der Waals surface area contributed by atoms with Crippen molar-refractivity contribution in [3.05, 3.63) is 30.2 Å². The van der Waals surface area contributed by atoms with Crippen molar-refractivity contribution in [1.82, 2.24) is 34.5 Å². The molecule has 2 atom stereocenters. The number of methoxy groups -OCH3 is 1. The van der Waals surface area contributed by atoms with Gasteiger partial charge < -0.3 is 15.0 Å². The molecule has 0 saturated carbocycles. The van der Waals surface area contributed by atoms with Crippen molar-refractivity contribution >= 4 is 22.5 Å². The molecule has 9 nitrogen and oxygen atoms in total. The predicted octanol–water partition coefficient (Wildman–Crippen LogP) is 2.71. The highest BCUT2D eigenvalue weighted by Gasteiger charge is 2.29. The van der Waals surface area contributed by atoms with Crippen LogP contribution in [0, 0.1) is 5.82 Å². The maximum Gasteiger partial charge on any atom is 0.244 e. The number of alkyl halides is 2. The van der Waals surface area contributed by atoms with Crippen molar-refractivity contribution < 1.29 is 17.9 Å². The number of hydrogen-bond donors (Lipinski definition) is 1. The van der Waals surface area contributed by atoms with Crippen LogP contribution < -0.4 is 10.1 Å². The molecule has 4 aromatic rings. The third-order valence-corrected chi connectivity index (χ3v) is 5.90. The zero-order valence-corrected chi connectivity index (χ0v) is 18.2. The van der Waals surface area contributed by atoms with Crippen LogP contribution in [-0.2, 0) is 6.54 Å². The molecule has 1 saturated heterocycles. The van der Waals surface area contributed by atoms with Gasteiger partial charge >= 0.3 is 0 Å². The smallest absolute Gasteiger partial charge is 0.244 e. The molecule has 0 aliphatic carbocycles. The van der Waals surface area contributed by atoms with Crippen LogP contribution in [0.5, 0.6) is 5.88 Å². The summed E-state index contributed by atoms with van der Waals surface area (Å²) >= 11 is 0. The molecule has 0 amide bonds. The first kappa shape index (κ1) is 21.4. The molecular weight excluding hydrogens is 437 g/mol. The van der Waals surface area contributed by atoms with Gasteiger partial charge in [0.2, 0.25) is 11.8 Å². The number of piperidine rings is 1. The number of anilines is 1. The Kier molecular flexibility index (Phi) is 5.52. The van der Waals surface area contributed by atoms with Crippen molar-refractivity contribution in [2.45, 2.75) is 25.2 Å². The van der Waals surface area contributed by atoms with Gasteiger partial charge in [0.05, 0.1) is 37.0 Å². The van der Waals surface area contributed by atoms with E-state index in [1.807, 2.05) is 11.9 Å². The Balaban J connectivity index is 1.56. The summed E-state index contributed by atoms with van der Waals surface area (Å²) in [5, 5.41) is 15.3. The van der Waals surface area contributed by atoms with Crippen LogP contribution in [0.3, 0.4) is 0 Å². The van der Waals surface area contributed by atoms with Crippen LogP contribution in [0.15, 0.2) is 24.4 Å². The minimum Gasteiger partial charge on any atom is -0.479 e. The van der Waals surface area contributed by atoms with E-state index >= 15 is 4.39 Å². The highest BCUT2D eigenvalue weighted by atomic mass is 19.1. The number of nitrogens with zero attached hydrogens (tertiary/aromatic N) is 7.